The van der Waals surface area contributed by atoms with Crippen LogP contribution in [0, 0.1) is 0 Å². The first kappa shape index (κ1) is 12.2. The Balaban J connectivity index is 2.06. The summed E-state index contributed by atoms with van der Waals surface area (Å²) < 4.78 is 6.70. The molecule has 19 heavy (non-hydrogen) atoms. The fourth-order valence-electron chi connectivity index (χ4n) is 2.16. The molecular weight excluding hydrogens is 256 g/mol. The van der Waals surface area contributed by atoms with Crippen LogP contribution in [0.2, 0.25) is 0 Å². The summed E-state index contributed by atoms with van der Waals surface area (Å²) in [6.07, 6.45) is -1.78. The molecule has 0 amide bonds. The van der Waals surface area contributed by atoms with Gasteiger partial charge in [-0.05, 0) is 0 Å². The Bertz CT molecular complexity index is 653. The number of aromatic amines is 1. The molecule has 102 valence electrons. The molecule has 1 saturated heterocycles. The van der Waals surface area contributed by atoms with E-state index in [2.05, 4.69) is 15.0 Å². The van der Waals surface area contributed by atoms with Crippen LogP contribution in [0.1, 0.15) is 6.23 Å². The Morgan fingerprint density at radius 1 is 1.37 bits per heavy atom. The van der Waals surface area contributed by atoms with Crippen LogP contribution in [-0.4, -0.2) is 59.8 Å². The highest BCUT2D eigenvalue weighted by atomic mass is 16.6. The van der Waals surface area contributed by atoms with Gasteiger partial charge < -0.3 is 25.0 Å². The number of hydrogen-bond acceptors (Lipinski definition) is 7. The highest BCUT2D eigenvalue weighted by Crippen LogP contribution is 2.30. The lowest BCUT2D eigenvalue weighted by Gasteiger charge is -2.16. The molecule has 4 atom stereocenters. The lowest BCUT2D eigenvalue weighted by atomic mass is 10.1. The second kappa shape index (κ2) is 4.38. The molecule has 3 heterocycles. The molecule has 3 rings (SSSR count). The second-order valence-corrected chi connectivity index (χ2v) is 4.28. The van der Waals surface area contributed by atoms with Crippen LogP contribution in [0.4, 0.5) is 0 Å². The molecule has 3 unspecified atom stereocenters. The monoisotopic (exact) mass is 268 g/mol. The van der Waals surface area contributed by atoms with Crippen molar-refractivity contribution in [3.05, 3.63) is 23.0 Å². The molecule has 0 saturated carbocycles. The van der Waals surface area contributed by atoms with Crippen molar-refractivity contribution in [3.8, 4) is 0 Å². The third-order valence-corrected chi connectivity index (χ3v) is 3.16. The first-order chi connectivity index (χ1) is 9.13. The van der Waals surface area contributed by atoms with E-state index < -0.39 is 36.7 Å². The van der Waals surface area contributed by atoms with Gasteiger partial charge in [0.2, 0.25) is 0 Å². The number of aliphatic hydroxyl groups is 3. The van der Waals surface area contributed by atoms with Crippen LogP contribution >= 0.6 is 0 Å². The minimum absolute atomic E-state index is 0.111. The maximum Gasteiger partial charge on any atom is 0.278 e. The van der Waals surface area contributed by atoms with Crippen LogP contribution in [0.5, 0.6) is 0 Å². The average Bonchev–Trinajstić information content (AvgIpc) is 2.94. The number of ether oxygens (including phenoxy) is 1. The number of imidazole rings is 1. The fraction of sp³-hybridized carbons (Fsp3) is 0.500. The zero-order valence-corrected chi connectivity index (χ0v) is 9.67. The molecular formula is C10H12N4O5. The minimum atomic E-state index is -1.24. The fourth-order valence-corrected chi connectivity index (χ4v) is 2.16. The number of fused-ring (bicyclic) bond motifs is 1. The van der Waals surface area contributed by atoms with Crippen LogP contribution in [0.15, 0.2) is 17.4 Å². The van der Waals surface area contributed by atoms with Gasteiger partial charge in [0.1, 0.15) is 18.3 Å². The quantitative estimate of drug-likeness (QED) is 0.482. The van der Waals surface area contributed by atoms with E-state index >= 15 is 0 Å². The lowest BCUT2D eigenvalue weighted by Crippen LogP contribution is -2.33. The first-order valence-electron chi connectivity index (χ1n) is 5.66. The first-order valence-corrected chi connectivity index (χ1v) is 5.66. The van der Waals surface area contributed by atoms with E-state index in [1.165, 1.54) is 17.2 Å². The Morgan fingerprint density at radius 2 is 2.16 bits per heavy atom. The molecule has 2 aromatic heterocycles. The SMILES string of the molecule is O=c1[nH]cnc2c1ncn2C1O[C@H](CO)C(O)C1O. The third-order valence-electron chi connectivity index (χ3n) is 3.16. The van der Waals surface area contributed by atoms with Gasteiger partial charge in [0, 0.05) is 0 Å². The summed E-state index contributed by atoms with van der Waals surface area (Å²) in [5, 5.41) is 28.6. The topological polar surface area (TPSA) is 133 Å². The molecule has 0 bridgehead atoms. The van der Waals surface area contributed by atoms with Gasteiger partial charge in [-0.15, -0.1) is 0 Å². The highest BCUT2D eigenvalue weighted by molar-refractivity contribution is 5.68. The summed E-state index contributed by atoms with van der Waals surface area (Å²) in [6, 6.07) is 0. The number of aliphatic hydroxyl groups excluding tert-OH is 3. The van der Waals surface area contributed by atoms with Crippen molar-refractivity contribution in [2.75, 3.05) is 6.61 Å². The highest BCUT2D eigenvalue weighted by Gasteiger charge is 2.43. The largest absolute Gasteiger partial charge is 0.394 e. The zero-order valence-electron chi connectivity index (χ0n) is 9.67. The molecule has 9 heteroatoms. The van der Waals surface area contributed by atoms with E-state index in [1.54, 1.807) is 0 Å². The minimum Gasteiger partial charge on any atom is -0.394 e. The number of nitrogens with zero attached hydrogens (tertiary/aromatic N) is 3. The van der Waals surface area contributed by atoms with Crippen LogP contribution in [0.25, 0.3) is 11.2 Å². The summed E-state index contributed by atoms with van der Waals surface area (Å²) >= 11 is 0. The van der Waals surface area contributed by atoms with E-state index in [-0.39, 0.29) is 11.2 Å². The standard InChI is InChI=1S/C10H12N4O5/c15-1-4-6(16)7(17)10(19-4)14-3-13-5-8(14)11-2-12-9(5)18/h2-4,6-7,10,15-17H,1H2,(H,11,12,18)/t4-,6?,7?,10?/m1/s1. The van der Waals surface area contributed by atoms with E-state index in [0.29, 0.717) is 0 Å². The van der Waals surface area contributed by atoms with Gasteiger partial charge in [-0.25, -0.2) is 9.97 Å². The third kappa shape index (κ3) is 1.75. The molecule has 1 aliphatic heterocycles. The van der Waals surface area contributed by atoms with Gasteiger partial charge in [0.15, 0.2) is 17.4 Å². The summed E-state index contributed by atoms with van der Waals surface area (Å²) in [5.41, 5.74) is -0.0608. The van der Waals surface area contributed by atoms with Gasteiger partial charge >= 0.3 is 0 Å². The summed E-state index contributed by atoms with van der Waals surface area (Å²) in [6.45, 7) is -0.421. The Labute approximate surface area is 106 Å². The Morgan fingerprint density at radius 3 is 2.84 bits per heavy atom. The zero-order chi connectivity index (χ0) is 13.6. The molecule has 4 N–H and O–H groups in total. The van der Waals surface area contributed by atoms with Crippen molar-refractivity contribution in [2.24, 2.45) is 0 Å². The van der Waals surface area contributed by atoms with E-state index in [1.807, 2.05) is 0 Å². The lowest BCUT2D eigenvalue weighted by molar-refractivity contribution is -0.0511. The Hall–Kier alpha value is -1.81. The second-order valence-electron chi connectivity index (χ2n) is 4.28. The van der Waals surface area contributed by atoms with Crippen molar-refractivity contribution in [3.63, 3.8) is 0 Å². The molecule has 0 aromatic carbocycles. The number of H-pyrrole nitrogens is 1. The van der Waals surface area contributed by atoms with Crippen LogP contribution in [0.3, 0.4) is 0 Å². The maximum atomic E-state index is 11.5. The predicted octanol–water partition coefficient (Wildman–Crippen LogP) is -2.27. The van der Waals surface area contributed by atoms with Crippen molar-refractivity contribution in [2.45, 2.75) is 24.5 Å². The van der Waals surface area contributed by atoms with Gasteiger partial charge in [0.25, 0.3) is 5.56 Å². The van der Waals surface area contributed by atoms with Crippen LogP contribution in [-0.2, 0) is 4.74 Å². The molecule has 0 spiro atoms. The number of nitrogens with one attached hydrogen (secondary N) is 1. The number of hydrogen-bond donors (Lipinski definition) is 4. The number of aromatic nitrogens is 4. The number of rotatable bonds is 2. The summed E-state index contributed by atoms with van der Waals surface area (Å²) in [7, 11) is 0. The van der Waals surface area contributed by atoms with Crippen molar-refractivity contribution < 1.29 is 20.1 Å². The summed E-state index contributed by atoms with van der Waals surface area (Å²) in [4.78, 5) is 21.8. The Kier molecular flexibility index (Phi) is 2.82. The smallest absolute Gasteiger partial charge is 0.278 e. The van der Waals surface area contributed by atoms with E-state index in [9.17, 15) is 15.0 Å². The van der Waals surface area contributed by atoms with E-state index in [4.69, 9.17) is 9.84 Å². The van der Waals surface area contributed by atoms with E-state index in [0.717, 1.165) is 0 Å². The predicted molar refractivity (Wildman–Crippen MR) is 61.2 cm³/mol. The molecule has 1 fully saturated rings. The van der Waals surface area contributed by atoms with Gasteiger partial charge in [-0.1, -0.05) is 0 Å². The maximum absolute atomic E-state index is 11.5. The normalized spacial score (nSPS) is 31.1. The average molecular weight is 268 g/mol. The van der Waals surface area contributed by atoms with Crippen molar-refractivity contribution in [1.29, 1.82) is 0 Å². The molecule has 9 nitrogen and oxygen atoms in total. The van der Waals surface area contributed by atoms with Crippen LogP contribution < -0.4 is 5.56 Å². The molecule has 1 aliphatic rings. The van der Waals surface area contributed by atoms with Crippen molar-refractivity contribution >= 4 is 11.2 Å². The molecule has 0 aliphatic carbocycles. The molecule has 2 aromatic rings. The van der Waals surface area contributed by atoms with Gasteiger partial charge in [0.05, 0.1) is 19.3 Å². The molecule has 0 radical (unpaired) electrons. The van der Waals surface area contributed by atoms with Gasteiger partial charge in [-0.2, -0.15) is 0 Å². The van der Waals surface area contributed by atoms with Gasteiger partial charge in [-0.3, -0.25) is 9.36 Å². The summed E-state index contributed by atoms with van der Waals surface area (Å²) in [5.74, 6) is 0. The van der Waals surface area contributed by atoms with Crippen molar-refractivity contribution in [1.82, 2.24) is 19.5 Å².